The van der Waals surface area contributed by atoms with Crippen LogP contribution in [-0.4, -0.2) is 10.9 Å². The fourth-order valence-electron chi connectivity index (χ4n) is 2.79. The first kappa shape index (κ1) is 14.3. The van der Waals surface area contributed by atoms with Crippen LogP contribution < -0.4 is 0 Å². The van der Waals surface area contributed by atoms with Crippen LogP contribution >= 0.6 is 0 Å². The molecule has 0 aliphatic heterocycles. The average molecular weight is 314 g/mol. The number of phenolic OH excluding ortho intramolecular Hbond substituents is 1. The summed E-state index contributed by atoms with van der Waals surface area (Å²) in [5, 5.41) is 10.3. The Hall–Kier alpha value is -3.33. The van der Waals surface area contributed by atoms with Crippen LogP contribution in [0.2, 0.25) is 0 Å². The molecule has 3 nitrogen and oxygen atoms in total. The third-order valence-electron chi connectivity index (χ3n) is 4.06. The summed E-state index contributed by atoms with van der Waals surface area (Å²) in [6.45, 7) is 0. The summed E-state index contributed by atoms with van der Waals surface area (Å²) in [5.41, 5.74) is 3.78. The molecule has 24 heavy (non-hydrogen) atoms. The molecule has 3 aromatic carbocycles. The largest absolute Gasteiger partial charge is 0.508 e. The van der Waals surface area contributed by atoms with Gasteiger partial charge in [-0.15, -0.1) is 0 Å². The second-order valence-corrected chi connectivity index (χ2v) is 5.60. The zero-order chi connectivity index (χ0) is 16.5. The Bertz CT molecular complexity index is 1010. The van der Waals surface area contributed by atoms with Crippen molar-refractivity contribution in [3.8, 4) is 16.9 Å². The van der Waals surface area contributed by atoms with Crippen molar-refractivity contribution >= 4 is 16.8 Å². The van der Waals surface area contributed by atoms with Gasteiger partial charge in [0.1, 0.15) is 17.6 Å². The zero-order valence-corrected chi connectivity index (χ0v) is 12.8. The third kappa shape index (κ3) is 2.46. The van der Waals surface area contributed by atoms with Crippen LogP contribution in [-0.2, 0) is 0 Å². The number of ketones is 1. The molecule has 0 unspecified atom stereocenters. The number of aromatic hydroxyl groups is 1. The normalized spacial score (nSPS) is 10.8. The van der Waals surface area contributed by atoms with Crippen LogP contribution in [0.3, 0.4) is 0 Å². The van der Waals surface area contributed by atoms with E-state index < -0.39 is 0 Å². The molecule has 0 amide bonds. The number of hydrogen-bond donors (Lipinski definition) is 1. The molecule has 1 N–H and O–H groups in total. The number of carbonyl (C=O) groups excluding carboxylic acids is 1. The Balaban J connectivity index is 1.70. The van der Waals surface area contributed by atoms with Crippen molar-refractivity contribution in [3.63, 3.8) is 0 Å². The highest BCUT2D eigenvalue weighted by atomic mass is 16.3. The molecule has 0 atom stereocenters. The molecular weight excluding hydrogens is 300 g/mol. The van der Waals surface area contributed by atoms with Gasteiger partial charge in [-0.3, -0.25) is 4.79 Å². The van der Waals surface area contributed by atoms with Gasteiger partial charge < -0.3 is 9.52 Å². The van der Waals surface area contributed by atoms with Gasteiger partial charge >= 0.3 is 0 Å². The van der Waals surface area contributed by atoms with Crippen molar-refractivity contribution in [3.05, 3.63) is 90.2 Å². The van der Waals surface area contributed by atoms with E-state index in [-0.39, 0.29) is 11.5 Å². The highest BCUT2D eigenvalue weighted by Gasteiger charge is 2.16. The maximum atomic E-state index is 12.7. The van der Waals surface area contributed by atoms with E-state index in [1.54, 1.807) is 12.1 Å². The molecule has 0 saturated heterocycles. The van der Waals surface area contributed by atoms with E-state index in [0.29, 0.717) is 22.1 Å². The third-order valence-corrected chi connectivity index (χ3v) is 4.06. The first-order valence-corrected chi connectivity index (χ1v) is 7.63. The molecule has 1 aromatic heterocycles. The van der Waals surface area contributed by atoms with Crippen LogP contribution in [0.5, 0.6) is 5.75 Å². The van der Waals surface area contributed by atoms with E-state index in [1.807, 2.05) is 54.6 Å². The summed E-state index contributed by atoms with van der Waals surface area (Å²) in [4.78, 5) is 12.7. The van der Waals surface area contributed by atoms with Crippen LogP contribution in [0.1, 0.15) is 15.9 Å². The lowest BCUT2D eigenvalue weighted by molar-refractivity contribution is 0.103. The van der Waals surface area contributed by atoms with Crippen molar-refractivity contribution in [2.45, 2.75) is 0 Å². The number of furan rings is 1. The quantitative estimate of drug-likeness (QED) is 0.539. The van der Waals surface area contributed by atoms with E-state index in [1.165, 1.54) is 12.3 Å². The molecule has 4 aromatic rings. The smallest absolute Gasteiger partial charge is 0.196 e. The van der Waals surface area contributed by atoms with Gasteiger partial charge in [0.15, 0.2) is 5.78 Å². The van der Waals surface area contributed by atoms with Gasteiger partial charge in [-0.1, -0.05) is 54.6 Å². The van der Waals surface area contributed by atoms with E-state index in [0.717, 1.165) is 11.1 Å². The Morgan fingerprint density at radius 2 is 1.54 bits per heavy atom. The first-order chi connectivity index (χ1) is 11.7. The Kier molecular flexibility index (Phi) is 3.39. The van der Waals surface area contributed by atoms with Gasteiger partial charge in [0.2, 0.25) is 0 Å². The lowest BCUT2D eigenvalue weighted by Gasteiger charge is -2.03. The number of rotatable bonds is 3. The Morgan fingerprint density at radius 1 is 0.833 bits per heavy atom. The zero-order valence-electron chi connectivity index (χ0n) is 12.8. The summed E-state index contributed by atoms with van der Waals surface area (Å²) in [7, 11) is 0. The van der Waals surface area contributed by atoms with Gasteiger partial charge in [-0.05, 0) is 29.3 Å². The number of phenols is 1. The molecule has 0 saturated carbocycles. The Labute approximate surface area is 138 Å². The molecule has 0 aliphatic carbocycles. The molecule has 0 spiro atoms. The average Bonchev–Trinajstić information content (AvgIpc) is 3.05. The maximum Gasteiger partial charge on any atom is 0.196 e. The van der Waals surface area contributed by atoms with E-state index in [2.05, 4.69) is 0 Å². The fourth-order valence-corrected chi connectivity index (χ4v) is 2.79. The molecule has 1 heterocycles. The molecule has 4 rings (SSSR count). The van der Waals surface area contributed by atoms with Gasteiger partial charge in [0.05, 0.1) is 5.56 Å². The van der Waals surface area contributed by atoms with Gasteiger partial charge in [-0.2, -0.15) is 0 Å². The standard InChI is InChI=1S/C21H14O3/c22-17-10-11-20-18(12-17)19(13-24-20)21(23)16-8-6-15(7-9-16)14-4-2-1-3-5-14/h1-13,22H. The lowest BCUT2D eigenvalue weighted by atomic mass is 9.99. The monoisotopic (exact) mass is 314 g/mol. The minimum atomic E-state index is -0.126. The number of fused-ring (bicyclic) bond motifs is 1. The second-order valence-electron chi connectivity index (χ2n) is 5.60. The highest BCUT2D eigenvalue weighted by molar-refractivity contribution is 6.16. The molecule has 0 radical (unpaired) electrons. The number of hydrogen-bond acceptors (Lipinski definition) is 3. The molecule has 3 heteroatoms. The predicted octanol–water partition coefficient (Wildman–Crippen LogP) is 5.04. The van der Waals surface area contributed by atoms with Crippen LogP contribution in [0.25, 0.3) is 22.1 Å². The minimum absolute atomic E-state index is 0.109. The lowest BCUT2D eigenvalue weighted by Crippen LogP contribution is -2.00. The van der Waals surface area contributed by atoms with E-state index in [9.17, 15) is 9.90 Å². The van der Waals surface area contributed by atoms with Gasteiger partial charge in [0.25, 0.3) is 0 Å². The predicted molar refractivity (Wildman–Crippen MR) is 93.2 cm³/mol. The SMILES string of the molecule is O=C(c1ccc(-c2ccccc2)cc1)c1coc2ccc(O)cc12. The summed E-state index contributed by atoms with van der Waals surface area (Å²) in [6.07, 6.45) is 1.44. The van der Waals surface area contributed by atoms with Crippen molar-refractivity contribution < 1.29 is 14.3 Å². The number of benzene rings is 3. The summed E-state index contributed by atoms with van der Waals surface area (Å²) >= 11 is 0. The van der Waals surface area contributed by atoms with Gasteiger partial charge in [0, 0.05) is 10.9 Å². The van der Waals surface area contributed by atoms with Crippen molar-refractivity contribution in [2.75, 3.05) is 0 Å². The minimum Gasteiger partial charge on any atom is -0.508 e. The van der Waals surface area contributed by atoms with Crippen LogP contribution in [0.4, 0.5) is 0 Å². The first-order valence-electron chi connectivity index (χ1n) is 7.63. The van der Waals surface area contributed by atoms with Crippen LogP contribution in [0, 0.1) is 0 Å². The highest BCUT2D eigenvalue weighted by Crippen LogP contribution is 2.27. The van der Waals surface area contributed by atoms with Crippen molar-refractivity contribution in [2.24, 2.45) is 0 Å². The Morgan fingerprint density at radius 3 is 2.29 bits per heavy atom. The van der Waals surface area contributed by atoms with Crippen molar-refractivity contribution in [1.29, 1.82) is 0 Å². The molecular formula is C21H14O3. The summed E-state index contributed by atoms with van der Waals surface area (Å²) in [6, 6.07) is 22.2. The molecule has 116 valence electrons. The van der Waals surface area contributed by atoms with Crippen molar-refractivity contribution in [1.82, 2.24) is 0 Å². The summed E-state index contributed by atoms with van der Waals surface area (Å²) in [5.74, 6) is -0.0173. The van der Waals surface area contributed by atoms with E-state index in [4.69, 9.17) is 4.42 Å². The second kappa shape index (κ2) is 5.70. The fraction of sp³-hybridized carbons (Fsp3) is 0. The summed E-state index contributed by atoms with van der Waals surface area (Å²) < 4.78 is 5.41. The molecule has 0 aliphatic rings. The van der Waals surface area contributed by atoms with E-state index >= 15 is 0 Å². The molecule has 0 bridgehead atoms. The topological polar surface area (TPSA) is 50.4 Å². The number of carbonyl (C=O) groups is 1. The maximum absolute atomic E-state index is 12.7. The molecule has 0 fully saturated rings. The van der Waals surface area contributed by atoms with Crippen LogP contribution in [0.15, 0.2) is 83.5 Å². The van der Waals surface area contributed by atoms with Gasteiger partial charge in [-0.25, -0.2) is 0 Å².